The molecule has 0 radical (unpaired) electrons. The molecule has 0 aliphatic rings. The molecule has 4 heteroatoms. The maximum absolute atomic E-state index is 13.3. The van der Waals surface area contributed by atoms with Crippen LogP contribution in [-0.4, -0.2) is 9.97 Å². The van der Waals surface area contributed by atoms with Crippen LogP contribution in [0.5, 0.6) is 0 Å². The molecule has 2 rings (SSSR count). The molecule has 0 aliphatic carbocycles. The number of hydrogen-bond donors (Lipinski definition) is 1. The van der Waals surface area contributed by atoms with Crippen LogP contribution in [0.25, 0.3) is 0 Å². The zero-order valence-corrected chi connectivity index (χ0v) is 8.94. The minimum atomic E-state index is -0.208. The van der Waals surface area contributed by atoms with Crippen molar-refractivity contribution in [3.8, 4) is 0 Å². The topological polar surface area (TPSA) is 37.8 Å². The Morgan fingerprint density at radius 2 is 2.06 bits per heavy atom. The number of benzene rings is 1. The second-order valence-electron chi connectivity index (χ2n) is 3.43. The van der Waals surface area contributed by atoms with Crippen LogP contribution in [0.15, 0.2) is 36.5 Å². The number of nitrogens with zero attached hydrogens (tertiary/aromatic N) is 2. The predicted molar refractivity (Wildman–Crippen MR) is 60.5 cm³/mol. The monoisotopic (exact) mass is 217 g/mol. The minimum absolute atomic E-state index is 0.208. The SMILES string of the molecule is Cc1nccc(NCc2ccccc2F)n1. The summed E-state index contributed by atoms with van der Waals surface area (Å²) in [6.07, 6.45) is 1.67. The zero-order valence-electron chi connectivity index (χ0n) is 8.94. The third-order valence-electron chi connectivity index (χ3n) is 2.19. The molecule has 0 amide bonds. The van der Waals surface area contributed by atoms with Crippen molar-refractivity contribution >= 4 is 5.82 Å². The van der Waals surface area contributed by atoms with Gasteiger partial charge in [0.25, 0.3) is 0 Å². The van der Waals surface area contributed by atoms with E-state index in [1.54, 1.807) is 24.4 Å². The number of halogens is 1. The fourth-order valence-corrected chi connectivity index (χ4v) is 1.38. The van der Waals surface area contributed by atoms with Crippen molar-refractivity contribution < 1.29 is 4.39 Å². The first kappa shape index (κ1) is 10.5. The van der Waals surface area contributed by atoms with E-state index in [1.807, 2.05) is 13.0 Å². The maximum atomic E-state index is 13.3. The molecule has 1 heterocycles. The Kier molecular flexibility index (Phi) is 3.10. The van der Waals surface area contributed by atoms with Gasteiger partial charge in [-0.2, -0.15) is 0 Å². The molecule has 1 aromatic carbocycles. The highest BCUT2D eigenvalue weighted by molar-refractivity contribution is 5.34. The normalized spacial score (nSPS) is 10.1. The number of rotatable bonds is 3. The Morgan fingerprint density at radius 3 is 2.81 bits per heavy atom. The third kappa shape index (κ3) is 2.53. The van der Waals surface area contributed by atoms with Crippen LogP contribution < -0.4 is 5.32 Å². The van der Waals surface area contributed by atoms with Gasteiger partial charge < -0.3 is 5.32 Å². The number of aryl methyl sites for hydroxylation is 1. The molecule has 0 bridgehead atoms. The van der Waals surface area contributed by atoms with E-state index in [0.29, 0.717) is 23.8 Å². The van der Waals surface area contributed by atoms with E-state index < -0.39 is 0 Å². The van der Waals surface area contributed by atoms with Crippen LogP contribution in [0.4, 0.5) is 10.2 Å². The van der Waals surface area contributed by atoms with Crippen LogP contribution in [0, 0.1) is 12.7 Å². The highest BCUT2D eigenvalue weighted by Crippen LogP contribution is 2.09. The van der Waals surface area contributed by atoms with Gasteiger partial charge in [-0.15, -0.1) is 0 Å². The molecule has 16 heavy (non-hydrogen) atoms. The first-order chi connectivity index (χ1) is 7.75. The van der Waals surface area contributed by atoms with Crippen LogP contribution in [0.2, 0.25) is 0 Å². The highest BCUT2D eigenvalue weighted by Gasteiger charge is 2.00. The number of hydrogen-bond acceptors (Lipinski definition) is 3. The van der Waals surface area contributed by atoms with Gasteiger partial charge in [-0.05, 0) is 19.1 Å². The second kappa shape index (κ2) is 4.70. The molecule has 0 aliphatic heterocycles. The van der Waals surface area contributed by atoms with Gasteiger partial charge in [0.1, 0.15) is 17.5 Å². The molecular formula is C12H12FN3. The van der Waals surface area contributed by atoms with Crippen molar-refractivity contribution in [3.63, 3.8) is 0 Å². The summed E-state index contributed by atoms with van der Waals surface area (Å²) in [5, 5.41) is 3.05. The average molecular weight is 217 g/mol. The summed E-state index contributed by atoms with van der Waals surface area (Å²) >= 11 is 0. The lowest BCUT2D eigenvalue weighted by atomic mass is 10.2. The molecule has 0 fully saturated rings. The Morgan fingerprint density at radius 1 is 1.25 bits per heavy atom. The molecule has 0 saturated carbocycles. The van der Waals surface area contributed by atoms with Gasteiger partial charge in [-0.1, -0.05) is 18.2 Å². The lowest BCUT2D eigenvalue weighted by Gasteiger charge is -2.06. The minimum Gasteiger partial charge on any atom is -0.366 e. The van der Waals surface area contributed by atoms with E-state index >= 15 is 0 Å². The predicted octanol–water partition coefficient (Wildman–Crippen LogP) is 2.54. The maximum Gasteiger partial charge on any atom is 0.129 e. The second-order valence-corrected chi connectivity index (χ2v) is 3.43. The molecule has 1 N–H and O–H groups in total. The van der Waals surface area contributed by atoms with Gasteiger partial charge in [-0.3, -0.25) is 0 Å². The molecule has 0 spiro atoms. The van der Waals surface area contributed by atoms with Crippen LogP contribution in [-0.2, 0) is 6.54 Å². The fraction of sp³-hybridized carbons (Fsp3) is 0.167. The third-order valence-corrected chi connectivity index (χ3v) is 2.19. The van der Waals surface area contributed by atoms with Gasteiger partial charge in [0.15, 0.2) is 0 Å². The highest BCUT2D eigenvalue weighted by atomic mass is 19.1. The van der Waals surface area contributed by atoms with Crippen molar-refractivity contribution in [2.45, 2.75) is 13.5 Å². The van der Waals surface area contributed by atoms with Crippen molar-refractivity contribution in [3.05, 3.63) is 53.7 Å². The molecule has 2 aromatic rings. The molecule has 3 nitrogen and oxygen atoms in total. The van der Waals surface area contributed by atoms with Crippen LogP contribution >= 0.6 is 0 Å². The van der Waals surface area contributed by atoms with Gasteiger partial charge in [0.05, 0.1) is 0 Å². The molecule has 0 saturated heterocycles. The van der Waals surface area contributed by atoms with E-state index in [0.717, 1.165) is 0 Å². The van der Waals surface area contributed by atoms with Crippen molar-refractivity contribution in [1.29, 1.82) is 0 Å². The van der Waals surface area contributed by atoms with E-state index in [9.17, 15) is 4.39 Å². The van der Waals surface area contributed by atoms with Crippen molar-refractivity contribution in [1.82, 2.24) is 9.97 Å². The Hall–Kier alpha value is -1.97. The van der Waals surface area contributed by atoms with Gasteiger partial charge in [0.2, 0.25) is 0 Å². The Bertz CT molecular complexity index is 485. The summed E-state index contributed by atoms with van der Waals surface area (Å²) in [6.45, 7) is 2.23. The van der Waals surface area contributed by atoms with Crippen LogP contribution in [0.3, 0.4) is 0 Å². The summed E-state index contributed by atoms with van der Waals surface area (Å²) in [5.41, 5.74) is 0.624. The van der Waals surface area contributed by atoms with Gasteiger partial charge >= 0.3 is 0 Å². The van der Waals surface area contributed by atoms with E-state index in [-0.39, 0.29) is 5.82 Å². The van der Waals surface area contributed by atoms with Crippen molar-refractivity contribution in [2.24, 2.45) is 0 Å². The quantitative estimate of drug-likeness (QED) is 0.858. The summed E-state index contributed by atoms with van der Waals surface area (Å²) in [7, 11) is 0. The summed E-state index contributed by atoms with van der Waals surface area (Å²) in [4.78, 5) is 8.16. The molecule has 0 atom stereocenters. The average Bonchev–Trinajstić information content (AvgIpc) is 2.28. The smallest absolute Gasteiger partial charge is 0.129 e. The van der Waals surface area contributed by atoms with Crippen molar-refractivity contribution in [2.75, 3.05) is 5.32 Å². The lowest BCUT2D eigenvalue weighted by Crippen LogP contribution is -2.04. The zero-order chi connectivity index (χ0) is 11.4. The van der Waals surface area contributed by atoms with Gasteiger partial charge in [0, 0.05) is 18.3 Å². The van der Waals surface area contributed by atoms with E-state index in [4.69, 9.17) is 0 Å². The molecule has 1 aromatic heterocycles. The largest absolute Gasteiger partial charge is 0.366 e. The lowest BCUT2D eigenvalue weighted by molar-refractivity contribution is 0.613. The Labute approximate surface area is 93.4 Å². The fourth-order valence-electron chi connectivity index (χ4n) is 1.38. The summed E-state index contributed by atoms with van der Waals surface area (Å²) < 4.78 is 13.3. The summed E-state index contributed by atoms with van der Waals surface area (Å²) in [5.74, 6) is 1.19. The first-order valence-electron chi connectivity index (χ1n) is 5.02. The van der Waals surface area contributed by atoms with Gasteiger partial charge in [-0.25, -0.2) is 14.4 Å². The number of aromatic nitrogens is 2. The molecular weight excluding hydrogens is 205 g/mol. The molecule has 82 valence electrons. The standard InChI is InChI=1S/C12H12FN3/c1-9-14-7-6-12(16-9)15-8-10-4-2-3-5-11(10)13/h2-7H,8H2,1H3,(H,14,15,16). The van der Waals surface area contributed by atoms with E-state index in [2.05, 4.69) is 15.3 Å². The molecule has 0 unspecified atom stereocenters. The van der Waals surface area contributed by atoms with Crippen LogP contribution in [0.1, 0.15) is 11.4 Å². The number of anilines is 1. The van der Waals surface area contributed by atoms with E-state index in [1.165, 1.54) is 6.07 Å². The summed E-state index contributed by atoms with van der Waals surface area (Å²) in [6, 6.07) is 8.44. The first-order valence-corrected chi connectivity index (χ1v) is 5.02. The Balaban J connectivity index is 2.05. The number of nitrogens with one attached hydrogen (secondary N) is 1.